The van der Waals surface area contributed by atoms with Gasteiger partial charge in [0, 0.05) is 11.5 Å². The second kappa shape index (κ2) is 4.90. The van der Waals surface area contributed by atoms with Gasteiger partial charge in [-0.05, 0) is 25.1 Å². The van der Waals surface area contributed by atoms with Crippen molar-refractivity contribution in [3.05, 3.63) is 34.8 Å². The summed E-state index contributed by atoms with van der Waals surface area (Å²) in [6.45, 7) is 2.40. The SMILES string of the molecule is CC1CN(C(=O)c2ncn(C)n2)c2cc(Br)ccc2O1. The van der Waals surface area contributed by atoms with Crippen molar-refractivity contribution >= 4 is 27.5 Å². The van der Waals surface area contributed by atoms with E-state index in [2.05, 4.69) is 26.0 Å². The number of rotatable bonds is 1. The number of aryl methyl sites for hydroxylation is 1. The number of carbonyl (C=O) groups is 1. The van der Waals surface area contributed by atoms with Crippen molar-refractivity contribution in [1.82, 2.24) is 14.8 Å². The second-order valence-electron chi connectivity index (χ2n) is 4.70. The molecule has 20 heavy (non-hydrogen) atoms. The van der Waals surface area contributed by atoms with E-state index in [1.54, 1.807) is 11.9 Å². The molecule has 0 N–H and O–H groups in total. The molecule has 0 fully saturated rings. The second-order valence-corrected chi connectivity index (χ2v) is 5.61. The minimum absolute atomic E-state index is 0.0728. The van der Waals surface area contributed by atoms with E-state index in [0.717, 1.165) is 10.2 Å². The lowest BCUT2D eigenvalue weighted by Crippen LogP contribution is -2.42. The van der Waals surface area contributed by atoms with Crippen LogP contribution >= 0.6 is 15.9 Å². The molecule has 3 rings (SSSR count). The zero-order chi connectivity index (χ0) is 14.3. The van der Waals surface area contributed by atoms with Crippen molar-refractivity contribution in [2.75, 3.05) is 11.4 Å². The molecule has 1 amide bonds. The fourth-order valence-electron chi connectivity index (χ4n) is 2.16. The summed E-state index contributed by atoms with van der Waals surface area (Å²) in [5.41, 5.74) is 0.731. The summed E-state index contributed by atoms with van der Waals surface area (Å²) in [5, 5.41) is 4.07. The zero-order valence-electron chi connectivity index (χ0n) is 11.1. The van der Waals surface area contributed by atoms with Gasteiger partial charge < -0.3 is 4.74 Å². The normalized spacial score (nSPS) is 17.6. The summed E-state index contributed by atoms with van der Waals surface area (Å²) >= 11 is 3.41. The number of fused-ring (bicyclic) bond motifs is 1. The molecule has 2 aromatic rings. The number of ether oxygens (including phenoxy) is 1. The quantitative estimate of drug-likeness (QED) is 0.799. The van der Waals surface area contributed by atoms with E-state index in [-0.39, 0.29) is 17.8 Å². The molecule has 0 bridgehead atoms. The van der Waals surface area contributed by atoms with Gasteiger partial charge in [-0.15, -0.1) is 5.10 Å². The number of anilines is 1. The highest BCUT2D eigenvalue weighted by molar-refractivity contribution is 9.10. The molecular formula is C13H13BrN4O2. The van der Waals surface area contributed by atoms with Crippen LogP contribution in [-0.2, 0) is 7.05 Å². The van der Waals surface area contributed by atoms with E-state index in [1.165, 1.54) is 11.0 Å². The number of carbonyl (C=O) groups excluding carboxylic acids is 1. The Morgan fingerprint density at radius 2 is 2.30 bits per heavy atom. The van der Waals surface area contributed by atoms with Gasteiger partial charge in [0.15, 0.2) is 0 Å². The molecule has 0 saturated carbocycles. The molecule has 0 aliphatic carbocycles. The Hall–Kier alpha value is -1.89. The molecule has 104 valence electrons. The molecule has 1 aromatic carbocycles. The van der Waals surface area contributed by atoms with Gasteiger partial charge in [0.25, 0.3) is 5.91 Å². The smallest absolute Gasteiger partial charge is 0.298 e. The first-order valence-corrected chi connectivity index (χ1v) is 6.97. The molecule has 6 nitrogen and oxygen atoms in total. The molecule has 1 atom stereocenters. The van der Waals surface area contributed by atoms with Gasteiger partial charge in [0.05, 0.1) is 12.2 Å². The lowest BCUT2D eigenvalue weighted by molar-refractivity contribution is 0.0951. The van der Waals surface area contributed by atoms with E-state index < -0.39 is 0 Å². The monoisotopic (exact) mass is 336 g/mol. The number of hydrogen-bond donors (Lipinski definition) is 0. The number of benzene rings is 1. The Morgan fingerprint density at radius 3 is 3.00 bits per heavy atom. The number of halogens is 1. The largest absolute Gasteiger partial charge is 0.487 e. The van der Waals surface area contributed by atoms with Crippen LogP contribution in [0.2, 0.25) is 0 Å². The number of aromatic nitrogens is 3. The summed E-state index contributed by atoms with van der Waals surface area (Å²) in [5.74, 6) is 0.656. The minimum Gasteiger partial charge on any atom is -0.487 e. The van der Waals surface area contributed by atoms with Crippen LogP contribution in [0.4, 0.5) is 5.69 Å². The predicted molar refractivity (Wildman–Crippen MR) is 76.9 cm³/mol. The van der Waals surface area contributed by atoms with Gasteiger partial charge in [-0.3, -0.25) is 14.4 Å². The van der Waals surface area contributed by atoms with E-state index in [0.29, 0.717) is 12.3 Å². The maximum atomic E-state index is 12.5. The van der Waals surface area contributed by atoms with Crippen LogP contribution in [0.3, 0.4) is 0 Å². The summed E-state index contributed by atoms with van der Waals surface area (Å²) in [6, 6.07) is 5.60. The van der Waals surface area contributed by atoms with Gasteiger partial charge in [0.1, 0.15) is 18.2 Å². The Kier molecular flexibility index (Phi) is 3.21. The van der Waals surface area contributed by atoms with Gasteiger partial charge in [-0.25, -0.2) is 4.98 Å². The summed E-state index contributed by atoms with van der Waals surface area (Å²) < 4.78 is 8.15. The number of hydrogen-bond acceptors (Lipinski definition) is 4. The molecule has 1 aliphatic heterocycles. The Labute approximate surface area is 124 Å². The van der Waals surface area contributed by atoms with Crippen molar-refractivity contribution in [3.8, 4) is 5.75 Å². The Bertz CT molecular complexity index is 670. The van der Waals surface area contributed by atoms with E-state index in [1.807, 2.05) is 25.1 Å². The molecule has 0 saturated heterocycles. The first-order valence-electron chi connectivity index (χ1n) is 6.18. The van der Waals surface area contributed by atoms with E-state index in [4.69, 9.17) is 4.74 Å². The van der Waals surface area contributed by atoms with Crippen molar-refractivity contribution in [1.29, 1.82) is 0 Å². The van der Waals surface area contributed by atoms with Crippen molar-refractivity contribution < 1.29 is 9.53 Å². The molecule has 0 spiro atoms. The van der Waals surface area contributed by atoms with Crippen LogP contribution in [0, 0.1) is 0 Å². The molecule has 2 heterocycles. The maximum Gasteiger partial charge on any atom is 0.298 e. The summed E-state index contributed by atoms with van der Waals surface area (Å²) in [4.78, 5) is 18.2. The van der Waals surface area contributed by atoms with Crippen LogP contribution in [0.25, 0.3) is 0 Å². The highest BCUT2D eigenvalue weighted by atomic mass is 79.9. The average molecular weight is 337 g/mol. The lowest BCUT2D eigenvalue weighted by atomic mass is 10.2. The molecular weight excluding hydrogens is 324 g/mol. The van der Waals surface area contributed by atoms with Crippen molar-refractivity contribution in [2.24, 2.45) is 7.05 Å². The Balaban J connectivity index is 2.02. The molecule has 7 heteroatoms. The number of nitrogens with zero attached hydrogens (tertiary/aromatic N) is 4. The molecule has 1 aromatic heterocycles. The van der Waals surface area contributed by atoms with Crippen LogP contribution in [0.1, 0.15) is 17.5 Å². The molecule has 1 aliphatic rings. The zero-order valence-corrected chi connectivity index (χ0v) is 12.7. The molecule has 1 unspecified atom stereocenters. The topological polar surface area (TPSA) is 60.2 Å². The fraction of sp³-hybridized carbons (Fsp3) is 0.308. The fourth-order valence-corrected chi connectivity index (χ4v) is 2.51. The van der Waals surface area contributed by atoms with E-state index >= 15 is 0 Å². The van der Waals surface area contributed by atoms with Crippen molar-refractivity contribution in [2.45, 2.75) is 13.0 Å². The Morgan fingerprint density at radius 1 is 1.50 bits per heavy atom. The van der Waals surface area contributed by atoms with Gasteiger partial charge in [-0.2, -0.15) is 0 Å². The van der Waals surface area contributed by atoms with Gasteiger partial charge >= 0.3 is 0 Å². The summed E-state index contributed by atoms with van der Waals surface area (Å²) in [7, 11) is 1.73. The third-order valence-corrected chi connectivity index (χ3v) is 3.51. The number of amides is 1. The van der Waals surface area contributed by atoms with Crippen LogP contribution in [0.15, 0.2) is 29.0 Å². The molecule has 0 radical (unpaired) electrons. The summed E-state index contributed by atoms with van der Waals surface area (Å²) in [6.07, 6.45) is 1.44. The van der Waals surface area contributed by atoms with Gasteiger partial charge in [-0.1, -0.05) is 15.9 Å². The van der Waals surface area contributed by atoms with Gasteiger partial charge in [0.2, 0.25) is 5.82 Å². The third-order valence-electron chi connectivity index (χ3n) is 3.02. The lowest BCUT2D eigenvalue weighted by Gasteiger charge is -2.32. The third kappa shape index (κ3) is 2.29. The standard InChI is InChI=1S/C13H13BrN4O2/c1-8-6-18(13(19)12-15-7-17(2)16-12)10-5-9(14)3-4-11(10)20-8/h3-5,7-8H,6H2,1-2H3. The first kappa shape index (κ1) is 13.1. The van der Waals surface area contributed by atoms with Crippen LogP contribution in [0.5, 0.6) is 5.75 Å². The maximum absolute atomic E-state index is 12.5. The first-order chi connectivity index (χ1) is 9.54. The predicted octanol–water partition coefficient (Wildman–Crippen LogP) is 2.01. The van der Waals surface area contributed by atoms with E-state index in [9.17, 15) is 4.79 Å². The minimum atomic E-state index is -0.222. The van der Waals surface area contributed by atoms with Crippen molar-refractivity contribution in [3.63, 3.8) is 0 Å². The average Bonchev–Trinajstić information content (AvgIpc) is 2.84. The highest BCUT2D eigenvalue weighted by Crippen LogP contribution is 2.36. The van der Waals surface area contributed by atoms with Crippen LogP contribution in [-0.4, -0.2) is 33.3 Å². The van der Waals surface area contributed by atoms with Crippen LogP contribution < -0.4 is 9.64 Å². The highest BCUT2D eigenvalue weighted by Gasteiger charge is 2.30.